The molecule has 1 heterocycles. The molecule has 0 bridgehead atoms. The number of carbonyl (C=O) groups is 3. The Morgan fingerprint density at radius 1 is 1.08 bits per heavy atom. The number of nitrogens with zero attached hydrogens (tertiary/aromatic N) is 1. The number of nitrogens with one attached hydrogen (secondary N) is 1. The maximum Gasteiger partial charge on any atom is 0.425 e. The molecule has 9 heteroatoms. The van der Waals surface area contributed by atoms with Crippen molar-refractivity contribution in [2.45, 2.75) is 97.5 Å². The number of hydrogen-bond donors (Lipinski definition) is 1. The van der Waals surface area contributed by atoms with Crippen LogP contribution in [0.25, 0.3) is 0 Å². The molecule has 4 rings (SSSR count). The smallest absolute Gasteiger partial charge is 0.425 e. The molecular formula is C29H37F3N2O4. The fourth-order valence-electron chi connectivity index (χ4n) is 6.25. The molecule has 1 saturated carbocycles. The second kappa shape index (κ2) is 9.72. The molecule has 0 spiro atoms. The lowest BCUT2D eigenvalue weighted by atomic mass is 9.72. The molecule has 1 aliphatic heterocycles. The lowest BCUT2D eigenvalue weighted by Crippen LogP contribution is -2.67. The van der Waals surface area contributed by atoms with Crippen molar-refractivity contribution in [3.05, 3.63) is 41.1 Å². The van der Waals surface area contributed by atoms with Crippen molar-refractivity contribution in [1.82, 2.24) is 10.2 Å². The van der Waals surface area contributed by atoms with Crippen molar-refractivity contribution >= 4 is 17.6 Å². The SMILES string of the molecule is CC(C)Oc1ccc(C(=O)N[C@@]2(C(F)(F)F)C(=O)N([C@@H]3CCC[C@@H](C)[C@H]3C)C3=C2C(=O)CC(C)(C)C3)cc1. The summed E-state index contributed by atoms with van der Waals surface area (Å²) in [6.45, 7) is 11.3. The molecule has 0 unspecified atom stereocenters. The van der Waals surface area contributed by atoms with E-state index in [0.717, 1.165) is 12.8 Å². The van der Waals surface area contributed by atoms with Gasteiger partial charge >= 0.3 is 6.18 Å². The first-order valence-electron chi connectivity index (χ1n) is 13.4. The minimum absolute atomic E-state index is 0.0603. The number of amides is 2. The first-order chi connectivity index (χ1) is 17.6. The second-order valence-electron chi connectivity index (χ2n) is 12.2. The number of Topliss-reactive ketones (excluding diaryl/α,β-unsaturated/α-hetero) is 1. The summed E-state index contributed by atoms with van der Waals surface area (Å²) < 4.78 is 51.0. The monoisotopic (exact) mass is 534 g/mol. The molecule has 4 atom stereocenters. The molecule has 38 heavy (non-hydrogen) atoms. The lowest BCUT2D eigenvalue weighted by Gasteiger charge is -2.43. The maximum atomic E-state index is 15.1. The van der Waals surface area contributed by atoms with E-state index in [4.69, 9.17) is 4.74 Å². The Kier molecular flexibility index (Phi) is 7.21. The van der Waals surface area contributed by atoms with E-state index in [-0.39, 0.29) is 42.0 Å². The van der Waals surface area contributed by atoms with Gasteiger partial charge in [-0.25, -0.2) is 0 Å². The van der Waals surface area contributed by atoms with Crippen LogP contribution in [0.15, 0.2) is 35.5 Å². The maximum absolute atomic E-state index is 15.1. The minimum Gasteiger partial charge on any atom is -0.491 e. The van der Waals surface area contributed by atoms with Crippen LogP contribution < -0.4 is 10.1 Å². The number of carbonyl (C=O) groups excluding carboxylic acids is 3. The molecule has 1 aromatic rings. The molecule has 3 aliphatic rings. The van der Waals surface area contributed by atoms with E-state index in [1.165, 1.54) is 29.2 Å². The summed E-state index contributed by atoms with van der Waals surface area (Å²) in [5, 5.41) is 2.04. The van der Waals surface area contributed by atoms with Crippen LogP contribution in [0.3, 0.4) is 0 Å². The largest absolute Gasteiger partial charge is 0.491 e. The molecule has 0 radical (unpaired) electrons. The first kappa shape index (κ1) is 28.2. The lowest BCUT2D eigenvalue weighted by molar-refractivity contribution is -0.192. The van der Waals surface area contributed by atoms with Gasteiger partial charge in [0, 0.05) is 23.7 Å². The van der Waals surface area contributed by atoms with Gasteiger partial charge in [0.05, 0.1) is 11.7 Å². The second-order valence-corrected chi connectivity index (χ2v) is 12.2. The Hall–Kier alpha value is -2.84. The van der Waals surface area contributed by atoms with Crippen molar-refractivity contribution in [2.24, 2.45) is 17.3 Å². The standard InChI is InChI=1S/C29H37F3N2O4/c1-16(2)38-20-12-10-19(11-13-20)25(36)33-28(29(30,31)32)24-22(14-27(5,6)15-23(24)35)34(26(28)37)21-9-7-8-17(3)18(21)4/h10-13,16-18,21H,7-9,14-15H2,1-6H3,(H,33,36)/t17-,18-,21-,28-/m1/s1. The van der Waals surface area contributed by atoms with Gasteiger partial charge in [0.25, 0.3) is 11.8 Å². The average molecular weight is 535 g/mol. The predicted molar refractivity (Wildman–Crippen MR) is 136 cm³/mol. The number of benzene rings is 1. The number of rotatable bonds is 5. The molecule has 0 aromatic heterocycles. The molecule has 1 N–H and O–H groups in total. The van der Waals surface area contributed by atoms with Crippen molar-refractivity contribution in [1.29, 1.82) is 0 Å². The summed E-state index contributed by atoms with van der Waals surface area (Å²) in [4.78, 5) is 42.0. The van der Waals surface area contributed by atoms with Gasteiger partial charge in [0.1, 0.15) is 5.75 Å². The predicted octanol–water partition coefficient (Wildman–Crippen LogP) is 5.81. The third kappa shape index (κ3) is 4.73. The molecule has 1 aromatic carbocycles. The third-order valence-electron chi connectivity index (χ3n) is 8.27. The fourth-order valence-corrected chi connectivity index (χ4v) is 6.25. The van der Waals surface area contributed by atoms with Gasteiger partial charge in [0.15, 0.2) is 5.78 Å². The average Bonchev–Trinajstić information content (AvgIpc) is 3.03. The Balaban J connectivity index is 1.82. The van der Waals surface area contributed by atoms with E-state index in [9.17, 15) is 14.4 Å². The van der Waals surface area contributed by atoms with Gasteiger partial charge in [-0.3, -0.25) is 14.4 Å². The summed E-state index contributed by atoms with van der Waals surface area (Å²) in [6.07, 6.45) is -3.10. The summed E-state index contributed by atoms with van der Waals surface area (Å²) in [5.41, 5.74) is -4.62. The number of ketones is 1. The van der Waals surface area contributed by atoms with Crippen molar-refractivity contribution in [3.8, 4) is 5.75 Å². The summed E-state index contributed by atoms with van der Waals surface area (Å²) >= 11 is 0. The van der Waals surface area contributed by atoms with Gasteiger partial charge in [-0.15, -0.1) is 0 Å². The van der Waals surface area contributed by atoms with Crippen molar-refractivity contribution < 1.29 is 32.3 Å². The molecule has 1 fully saturated rings. The van der Waals surface area contributed by atoms with Crippen LogP contribution in [0.4, 0.5) is 13.2 Å². The normalized spacial score (nSPS) is 29.5. The number of allylic oxidation sites excluding steroid dienone is 1. The van der Waals surface area contributed by atoms with Crippen LogP contribution in [0.5, 0.6) is 5.75 Å². The Bertz CT molecular complexity index is 1160. The van der Waals surface area contributed by atoms with Crippen LogP contribution >= 0.6 is 0 Å². The molecule has 0 saturated heterocycles. The zero-order valence-corrected chi connectivity index (χ0v) is 22.9. The van der Waals surface area contributed by atoms with Gasteiger partial charge in [-0.05, 0) is 68.2 Å². The third-order valence-corrected chi connectivity index (χ3v) is 8.27. The van der Waals surface area contributed by atoms with Gasteiger partial charge in [0.2, 0.25) is 5.54 Å². The Labute approximate surface area is 222 Å². The topological polar surface area (TPSA) is 75.7 Å². The zero-order valence-electron chi connectivity index (χ0n) is 22.9. The summed E-state index contributed by atoms with van der Waals surface area (Å²) in [5.74, 6) is -2.50. The molecule has 2 aliphatic carbocycles. The molecule has 2 amide bonds. The summed E-state index contributed by atoms with van der Waals surface area (Å²) in [7, 11) is 0. The van der Waals surface area contributed by atoms with E-state index in [2.05, 4.69) is 0 Å². The van der Waals surface area contributed by atoms with Crippen LogP contribution in [-0.2, 0) is 9.59 Å². The highest BCUT2D eigenvalue weighted by Gasteiger charge is 2.72. The number of alkyl halides is 3. The number of ether oxygens (including phenoxy) is 1. The summed E-state index contributed by atoms with van der Waals surface area (Å²) in [6, 6.07) is 5.19. The Morgan fingerprint density at radius 2 is 1.71 bits per heavy atom. The van der Waals surface area contributed by atoms with Gasteiger partial charge < -0.3 is 15.0 Å². The van der Waals surface area contributed by atoms with E-state index >= 15 is 13.2 Å². The van der Waals surface area contributed by atoms with Crippen LogP contribution in [0, 0.1) is 17.3 Å². The van der Waals surface area contributed by atoms with E-state index in [1.807, 2.05) is 46.9 Å². The zero-order chi connectivity index (χ0) is 28.2. The van der Waals surface area contributed by atoms with Crippen molar-refractivity contribution in [3.63, 3.8) is 0 Å². The quantitative estimate of drug-likeness (QED) is 0.517. The highest BCUT2D eigenvalue weighted by Crippen LogP contribution is 2.54. The van der Waals surface area contributed by atoms with E-state index in [1.54, 1.807) is 0 Å². The highest BCUT2D eigenvalue weighted by atomic mass is 19.4. The van der Waals surface area contributed by atoms with Crippen LogP contribution in [0.1, 0.15) is 84.0 Å². The number of hydrogen-bond acceptors (Lipinski definition) is 4. The first-order valence-corrected chi connectivity index (χ1v) is 13.4. The van der Waals surface area contributed by atoms with Crippen LogP contribution in [-0.4, -0.2) is 46.4 Å². The Morgan fingerprint density at radius 3 is 2.29 bits per heavy atom. The number of halogens is 3. The van der Waals surface area contributed by atoms with Gasteiger partial charge in [-0.2, -0.15) is 13.2 Å². The van der Waals surface area contributed by atoms with Crippen molar-refractivity contribution in [2.75, 3.05) is 0 Å². The fraction of sp³-hybridized carbons (Fsp3) is 0.621. The molecule has 208 valence electrons. The van der Waals surface area contributed by atoms with E-state index in [0.29, 0.717) is 12.2 Å². The van der Waals surface area contributed by atoms with Crippen LogP contribution in [0.2, 0.25) is 0 Å². The van der Waals surface area contributed by atoms with E-state index < -0.39 is 46.3 Å². The highest BCUT2D eigenvalue weighted by molar-refractivity contribution is 6.14. The minimum atomic E-state index is -5.23. The van der Waals surface area contributed by atoms with Gasteiger partial charge in [-0.1, -0.05) is 40.5 Å². The molecule has 6 nitrogen and oxygen atoms in total. The molecular weight excluding hydrogens is 497 g/mol.